The van der Waals surface area contributed by atoms with Crippen molar-refractivity contribution in [3.8, 4) is 0 Å². The molecule has 1 saturated heterocycles. The van der Waals surface area contributed by atoms with Crippen LogP contribution in [-0.2, 0) is 27.0 Å². The van der Waals surface area contributed by atoms with E-state index in [1.165, 1.54) is 6.92 Å². The molecule has 2 heterocycles. The van der Waals surface area contributed by atoms with Gasteiger partial charge in [0, 0.05) is 19.2 Å². The number of benzene rings is 1. The van der Waals surface area contributed by atoms with Crippen molar-refractivity contribution in [3.05, 3.63) is 53.5 Å². The van der Waals surface area contributed by atoms with Crippen molar-refractivity contribution in [1.29, 1.82) is 0 Å². The molecular formula is C21H19F7N2O3S. The molecule has 0 N–H and O–H groups in total. The topological polar surface area (TPSA) is 67.3 Å². The Kier molecular flexibility index (Phi) is 6.98. The lowest BCUT2D eigenvalue weighted by Crippen LogP contribution is -2.44. The molecule has 0 spiro atoms. The number of anilines is 1. The first-order valence-electron chi connectivity index (χ1n) is 10.1. The van der Waals surface area contributed by atoms with Gasteiger partial charge in [-0.05, 0) is 43.0 Å². The Morgan fingerprint density at radius 1 is 1.09 bits per heavy atom. The molecule has 1 aromatic heterocycles. The van der Waals surface area contributed by atoms with Gasteiger partial charge in [-0.15, -0.1) is 0 Å². The summed E-state index contributed by atoms with van der Waals surface area (Å²) >= 11 is 0. The van der Waals surface area contributed by atoms with Gasteiger partial charge in [-0.3, -0.25) is 9.69 Å². The van der Waals surface area contributed by atoms with E-state index < -0.39 is 73.3 Å². The van der Waals surface area contributed by atoms with Crippen LogP contribution in [-0.4, -0.2) is 31.1 Å². The SMILES string of the molecule is CCC(C1CCN(c2ncc(C(F)(F)F)cc2F)C(=O)C1)S(=O)(=O)c1cccc(C(F)(F)F)c1. The fraction of sp³-hybridized carbons (Fsp3) is 0.429. The van der Waals surface area contributed by atoms with E-state index in [9.17, 15) is 43.9 Å². The zero-order chi connectivity index (χ0) is 25.5. The van der Waals surface area contributed by atoms with Crippen molar-refractivity contribution in [3.63, 3.8) is 0 Å². The number of pyridine rings is 1. The van der Waals surface area contributed by atoms with Gasteiger partial charge in [0.2, 0.25) is 5.91 Å². The molecule has 0 radical (unpaired) electrons. The quantitative estimate of drug-likeness (QED) is 0.513. The predicted molar refractivity (Wildman–Crippen MR) is 107 cm³/mol. The molecule has 1 amide bonds. The average Bonchev–Trinajstić information content (AvgIpc) is 2.73. The summed E-state index contributed by atoms with van der Waals surface area (Å²) in [5.41, 5.74) is -2.45. The minimum atomic E-state index is -4.82. The van der Waals surface area contributed by atoms with Gasteiger partial charge in [-0.25, -0.2) is 17.8 Å². The van der Waals surface area contributed by atoms with Crippen molar-refractivity contribution in [2.45, 2.75) is 48.7 Å². The van der Waals surface area contributed by atoms with Gasteiger partial charge in [0.25, 0.3) is 0 Å². The highest BCUT2D eigenvalue weighted by molar-refractivity contribution is 7.92. The molecule has 2 unspecified atom stereocenters. The van der Waals surface area contributed by atoms with E-state index >= 15 is 0 Å². The number of hydrogen-bond acceptors (Lipinski definition) is 4. The van der Waals surface area contributed by atoms with E-state index in [-0.39, 0.29) is 25.5 Å². The smallest absolute Gasteiger partial charge is 0.294 e. The Balaban J connectivity index is 1.83. The molecule has 1 aliphatic rings. The standard InChI is InChI=1S/C21H19F7N2O3S/c1-2-17(34(32,33)15-5-3-4-13(9-15)20(23,24)25)12-6-7-30(18(31)8-12)19-16(22)10-14(11-29-19)21(26,27)28/h3-5,9-12,17H,2,6-8H2,1H3. The van der Waals surface area contributed by atoms with Crippen LogP contribution in [0.1, 0.15) is 37.3 Å². The maximum Gasteiger partial charge on any atom is 0.417 e. The fourth-order valence-electron chi connectivity index (χ4n) is 4.01. The predicted octanol–water partition coefficient (Wildman–Crippen LogP) is 5.25. The van der Waals surface area contributed by atoms with Crippen molar-refractivity contribution in [2.75, 3.05) is 11.4 Å². The Hall–Kier alpha value is -2.70. The molecule has 34 heavy (non-hydrogen) atoms. The number of carbonyl (C=O) groups is 1. The van der Waals surface area contributed by atoms with Crippen LogP contribution in [0.5, 0.6) is 0 Å². The lowest BCUT2D eigenvalue weighted by atomic mass is 9.91. The number of aromatic nitrogens is 1. The molecule has 2 aromatic rings. The average molecular weight is 512 g/mol. The first-order valence-corrected chi connectivity index (χ1v) is 11.6. The van der Waals surface area contributed by atoms with Crippen LogP contribution < -0.4 is 4.90 Å². The zero-order valence-electron chi connectivity index (χ0n) is 17.6. The van der Waals surface area contributed by atoms with Crippen molar-refractivity contribution in [1.82, 2.24) is 4.98 Å². The van der Waals surface area contributed by atoms with Gasteiger partial charge < -0.3 is 0 Å². The summed E-state index contributed by atoms with van der Waals surface area (Å²) in [6.07, 6.45) is -9.53. The van der Waals surface area contributed by atoms with Crippen molar-refractivity contribution < 1.29 is 43.9 Å². The third-order valence-corrected chi connectivity index (χ3v) is 8.11. The number of rotatable bonds is 5. The van der Waals surface area contributed by atoms with Crippen molar-refractivity contribution in [2.24, 2.45) is 5.92 Å². The second-order valence-electron chi connectivity index (χ2n) is 7.84. The van der Waals surface area contributed by atoms with Gasteiger partial charge in [0.15, 0.2) is 21.5 Å². The van der Waals surface area contributed by atoms with E-state index in [1.54, 1.807) is 0 Å². The molecule has 3 rings (SSSR count). The first-order chi connectivity index (χ1) is 15.7. The van der Waals surface area contributed by atoms with Crippen LogP contribution in [0.2, 0.25) is 0 Å². The lowest BCUT2D eigenvalue weighted by Gasteiger charge is -2.34. The number of alkyl halides is 6. The minimum absolute atomic E-state index is 0.00339. The molecule has 1 aliphatic heterocycles. The van der Waals surface area contributed by atoms with Gasteiger partial charge in [-0.2, -0.15) is 26.3 Å². The molecular weight excluding hydrogens is 493 g/mol. The van der Waals surface area contributed by atoms with E-state index in [0.717, 1.165) is 23.1 Å². The number of halogens is 7. The molecule has 2 atom stereocenters. The Bertz CT molecular complexity index is 1180. The molecule has 0 aliphatic carbocycles. The second kappa shape index (κ2) is 9.16. The van der Waals surface area contributed by atoms with Gasteiger partial charge in [-0.1, -0.05) is 13.0 Å². The summed E-state index contributed by atoms with van der Waals surface area (Å²) in [6.45, 7) is 1.30. The summed E-state index contributed by atoms with van der Waals surface area (Å²) in [6, 6.07) is 3.53. The lowest BCUT2D eigenvalue weighted by molar-refractivity contribution is -0.138. The summed E-state index contributed by atoms with van der Waals surface area (Å²) in [5, 5.41) is -1.19. The molecule has 13 heteroatoms. The number of hydrogen-bond donors (Lipinski definition) is 0. The Morgan fingerprint density at radius 3 is 2.26 bits per heavy atom. The maximum atomic E-state index is 14.3. The summed E-state index contributed by atoms with van der Waals surface area (Å²) < 4.78 is 118. The molecule has 5 nitrogen and oxygen atoms in total. The number of nitrogens with zero attached hydrogens (tertiary/aromatic N) is 2. The van der Waals surface area contributed by atoms with Gasteiger partial charge in [0.05, 0.1) is 21.3 Å². The highest BCUT2D eigenvalue weighted by Crippen LogP contribution is 2.37. The number of carbonyl (C=O) groups excluding carboxylic acids is 1. The van der Waals surface area contributed by atoms with E-state index in [1.807, 2.05) is 0 Å². The van der Waals surface area contributed by atoms with E-state index in [0.29, 0.717) is 12.3 Å². The summed E-state index contributed by atoms with van der Waals surface area (Å²) in [4.78, 5) is 16.4. The molecule has 0 saturated carbocycles. The maximum absolute atomic E-state index is 14.3. The van der Waals surface area contributed by atoms with Crippen LogP contribution in [0.15, 0.2) is 41.4 Å². The van der Waals surface area contributed by atoms with Crippen LogP contribution in [0, 0.1) is 11.7 Å². The largest absolute Gasteiger partial charge is 0.417 e. The molecule has 0 bridgehead atoms. The van der Waals surface area contributed by atoms with Gasteiger partial charge in [0.1, 0.15) is 0 Å². The van der Waals surface area contributed by atoms with Crippen LogP contribution in [0.4, 0.5) is 36.6 Å². The highest BCUT2D eigenvalue weighted by Gasteiger charge is 2.41. The van der Waals surface area contributed by atoms with Crippen LogP contribution >= 0.6 is 0 Å². The van der Waals surface area contributed by atoms with Crippen LogP contribution in [0.3, 0.4) is 0 Å². The summed E-state index contributed by atoms with van der Waals surface area (Å²) in [5.74, 6) is -3.50. The molecule has 186 valence electrons. The Labute approximate surface area is 190 Å². The molecule has 1 aromatic carbocycles. The van der Waals surface area contributed by atoms with E-state index in [2.05, 4.69) is 4.98 Å². The van der Waals surface area contributed by atoms with Crippen LogP contribution in [0.25, 0.3) is 0 Å². The second-order valence-corrected chi connectivity index (χ2v) is 10.0. The third-order valence-electron chi connectivity index (χ3n) is 5.68. The molecule has 1 fully saturated rings. The normalized spacial score (nSPS) is 18.8. The van der Waals surface area contributed by atoms with Gasteiger partial charge >= 0.3 is 12.4 Å². The van der Waals surface area contributed by atoms with E-state index in [4.69, 9.17) is 0 Å². The number of amides is 1. The number of sulfone groups is 1. The summed E-state index contributed by atoms with van der Waals surface area (Å²) in [7, 11) is -4.25. The van der Waals surface area contributed by atoms with Crippen molar-refractivity contribution >= 4 is 21.6 Å². The highest BCUT2D eigenvalue weighted by atomic mass is 32.2. The first kappa shape index (κ1) is 25.9. The number of piperidine rings is 1. The Morgan fingerprint density at radius 2 is 1.74 bits per heavy atom. The zero-order valence-corrected chi connectivity index (χ0v) is 18.4. The third kappa shape index (κ3) is 5.18. The monoisotopic (exact) mass is 512 g/mol. The fourth-order valence-corrected chi connectivity index (χ4v) is 6.10. The minimum Gasteiger partial charge on any atom is -0.294 e.